The van der Waals surface area contributed by atoms with Gasteiger partial charge in [0.15, 0.2) is 0 Å². The molecular formula is C16H20N2O5. The summed E-state index contributed by atoms with van der Waals surface area (Å²) in [6.45, 7) is 6.62. The molecule has 0 aliphatic heterocycles. The van der Waals surface area contributed by atoms with Crippen molar-refractivity contribution in [1.29, 1.82) is 0 Å². The maximum Gasteiger partial charge on any atom is 0.408 e. The molecule has 0 aliphatic rings. The lowest BCUT2D eigenvalue weighted by Crippen LogP contribution is -2.42. The largest absolute Gasteiger partial charge is 0.458 e. The van der Waals surface area contributed by atoms with E-state index >= 15 is 0 Å². The number of rotatable bonds is 5. The van der Waals surface area contributed by atoms with Crippen LogP contribution in [0.5, 0.6) is 0 Å². The van der Waals surface area contributed by atoms with Gasteiger partial charge in [0.1, 0.15) is 18.2 Å². The average molecular weight is 320 g/mol. The molecule has 0 fully saturated rings. The van der Waals surface area contributed by atoms with E-state index in [2.05, 4.69) is 10.3 Å². The molecule has 0 bridgehead atoms. The SMILES string of the molecule is C[C@H](NC(=O)OCc1ccccc1N=C=O)C(=O)OC(C)(C)C. The van der Waals surface area contributed by atoms with Gasteiger partial charge in [-0.3, -0.25) is 0 Å². The van der Waals surface area contributed by atoms with Crippen LogP contribution in [0, 0.1) is 0 Å². The van der Waals surface area contributed by atoms with E-state index in [0.29, 0.717) is 11.3 Å². The van der Waals surface area contributed by atoms with Crippen molar-refractivity contribution in [2.45, 2.75) is 45.9 Å². The lowest BCUT2D eigenvalue weighted by atomic mass is 10.2. The molecule has 0 spiro atoms. The van der Waals surface area contributed by atoms with E-state index in [1.807, 2.05) is 0 Å². The number of amides is 1. The fraction of sp³-hybridized carbons (Fsp3) is 0.438. The van der Waals surface area contributed by atoms with Gasteiger partial charge in [0.05, 0.1) is 5.69 Å². The maximum atomic E-state index is 11.8. The van der Waals surface area contributed by atoms with Gasteiger partial charge in [-0.2, -0.15) is 4.99 Å². The average Bonchev–Trinajstić information content (AvgIpc) is 2.45. The molecular weight excluding hydrogens is 300 g/mol. The molecule has 0 aliphatic carbocycles. The highest BCUT2D eigenvalue weighted by molar-refractivity contribution is 5.81. The van der Waals surface area contributed by atoms with Gasteiger partial charge in [-0.25, -0.2) is 14.4 Å². The zero-order valence-corrected chi connectivity index (χ0v) is 13.6. The molecule has 1 N–H and O–H groups in total. The molecule has 1 rings (SSSR count). The molecule has 0 aromatic heterocycles. The highest BCUT2D eigenvalue weighted by Crippen LogP contribution is 2.18. The monoisotopic (exact) mass is 320 g/mol. The molecule has 1 amide bonds. The molecule has 0 saturated carbocycles. The normalized spacial score (nSPS) is 11.8. The molecule has 0 unspecified atom stereocenters. The van der Waals surface area contributed by atoms with Crippen LogP contribution < -0.4 is 5.32 Å². The number of carbonyl (C=O) groups excluding carboxylic acids is 3. The predicted molar refractivity (Wildman–Crippen MR) is 82.9 cm³/mol. The standard InChI is InChI=1S/C16H20N2O5/c1-11(14(20)23-16(2,3)4)18-15(21)22-9-12-7-5-6-8-13(12)17-10-19/h5-8,11H,9H2,1-4H3,(H,18,21)/t11-/m0/s1. The van der Waals surface area contributed by atoms with Crippen molar-refractivity contribution in [3.05, 3.63) is 29.8 Å². The minimum atomic E-state index is -0.843. The smallest absolute Gasteiger partial charge is 0.408 e. The lowest BCUT2D eigenvalue weighted by Gasteiger charge is -2.22. The van der Waals surface area contributed by atoms with Crippen LogP contribution in [0.25, 0.3) is 0 Å². The third-order valence-electron chi connectivity index (χ3n) is 2.61. The van der Waals surface area contributed by atoms with E-state index in [4.69, 9.17) is 9.47 Å². The van der Waals surface area contributed by atoms with Crippen molar-refractivity contribution in [2.75, 3.05) is 0 Å². The summed E-state index contributed by atoms with van der Waals surface area (Å²) in [4.78, 5) is 37.3. The Morgan fingerprint density at radius 2 is 1.96 bits per heavy atom. The Hall–Kier alpha value is -2.66. The summed E-state index contributed by atoms with van der Waals surface area (Å²) in [5, 5.41) is 2.38. The van der Waals surface area contributed by atoms with Crippen LogP contribution in [0.1, 0.15) is 33.3 Å². The second-order valence-corrected chi connectivity index (χ2v) is 5.81. The number of hydrogen-bond donors (Lipinski definition) is 1. The minimum Gasteiger partial charge on any atom is -0.458 e. The number of nitrogens with zero attached hydrogens (tertiary/aromatic N) is 1. The molecule has 7 heteroatoms. The third kappa shape index (κ3) is 6.76. The second-order valence-electron chi connectivity index (χ2n) is 5.81. The molecule has 0 heterocycles. The first kappa shape index (κ1) is 18.4. The number of esters is 1. The summed E-state index contributed by atoms with van der Waals surface area (Å²) in [6.07, 6.45) is 0.668. The number of carbonyl (C=O) groups is 2. The van der Waals surface area contributed by atoms with Crippen LogP contribution in [0.2, 0.25) is 0 Å². The number of ether oxygens (including phenoxy) is 2. The van der Waals surface area contributed by atoms with E-state index in [0.717, 1.165) is 0 Å². The van der Waals surface area contributed by atoms with Gasteiger partial charge in [-0.15, -0.1) is 0 Å². The first-order valence-corrected chi connectivity index (χ1v) is 7.05. The summed E-state index contributed by atoms with van der Waals surface area (Å²) in [7, 11) is 0. The summed E-state index contributed by atoms with van der Waals surface area (Å²) >= 11 is 0. The van der Waals surface area contributed by atoms with E-state index in [1.54, 1.807) is 45.0 Å². The number of hydrogen-bond acceptors (Lipinski definition) is 6. The molecule has 1 aromatic rings. The number of aliphatic imine (C=N–C) groups is 1. The fourth-order valence-corrected chi connectivity index (χ4v) is 1.60. The number of isocyanates is 1. The number of nitrogens with one attached hydrogen (secondary N) is 1. The van der Waals surface area contributed by atoms with Crippen LogP contribution >= 0.6 is 0 Å². The van der Waals surface area contributed by atoms with Crippen LogP contribution in [-0.2, 0) is 25.7 Å². The van der Waals surface area contributed by atoms with Gasteiger partial charge >= 0.3 is 12.1 Å². The Balaban J connectivity index is 2.55. The Kier molecular flexibility index (Phi) is 6.48. The fourth-order valence-electron chi connectivity index (χ4n) is 1.60. The van der Waals surface area contributed by atoms with Gasteiger partial charge in [0.2, 0.25) is 6.08 Å². The molecule has 0 saturated heterocycles. The van der Waals surface area contributed by atoms with E-state index in [1.165, 1.54) is 13.0 Å². The zero-order valence-electron chi connectivity index (χ0n) is 13.6. The van der Waals surface area contributed by atoms with Gasteiger partial charge in [-0.1, -0.05) is 18.2 Å². The van der Waals surface area contributed by atoms with Crippen LogP contribution in [0.3, 0.4) is 0 Å². The number of alkyl carbamates (subject to hydrolysis) is 1. The number of para-hydroxylation sites is 1. The molecule has 124 valence electrons. The molecule has 0 radical (unpaired) electrons. The van der Waals surface area contributed by atoms with Crippen molar-refractivity contribution in [3.8, 4) is 0 Å². The lowest BCUT2D eigenvalue weighted by molar-refractivity contribution is -0.156. The summed E-state index contributed by atoms with van der Waals surface area (Å²) in [6, 6.07) is 5.85. The highest BCUT2D eigenvalue weighted by Gasteiger charge is 2.23. The Morgan fingerprint density at radius 3 is 2.57 bits per heavy atom. The van der Waals surface area contributed by atoms with E-state index < -0.39 is 23.7 Å². The van der Waals surface area contributed by atoms with Crippen molar-refractivity contribution in [2.24, 2.45) is 4.99 Å². The zero-order chi connectivity index (χ0) is 17.5. The van der Waals surface area contributed by atoms with Gasteiger partial charge in [-0.05, 0) is 33.8 Å². The topological polar surface area (TPSA) is 94.1 Å². The summed E-state index contributed by atoms with van der Waals surface area (Å²) in [5.74, 6) is -0.555. The predicted octanol–water partition coefficient (Wildman–Crippen LogP) is 2.61. The Morgan fingerprint density at radius 1 is 1.30 bits per heavy atom. The van der Waals surface area contributed by atoms with Gasteiger partial charge in [0, 0.05) is 5.56 Å². The highest BCUT2D eigenvalue weighted by atomic mass is 16.6. The second kappa shape index (κ2) is 8.10. The minimum absolute atomic E-state index is 0.0891. The molecule has 7 nitrogen and oxygen atoms in total. The van der Waals surface area contributed by atoms with Crippen LogP contribution in [-0.4, -0.2) is 29.8 Å². The maximum absolute atomic E-state index is 11.8. The first-order valence-electron chi connectivity index (χ1n) is 7.05. The first-order chi connectivity index (χ1) is 10.7. The molecule has 1 atom stereocenters. The van der Waals surface area contributed by atoms with Crippen LogP contribution in [0.15, 0.2) is 29.3 Å². The Bertz CT molecular complexity index is 615. The van der Waals surface area contributed by atoms with Crippen LogP contribution in [0.4, 0.5) is 10.5 Å². The Labute approximate surface area is 134 Å². The number of benzene rings is 1. The summed E-state index contributed by atoms with van der Waals surface area (Å²) < 4.78 is 10.2. The van der Waals surface area contributed by atoms with Crippen molar-refractivity contribution in [3.63, 3.8) is 0 Å². The van der Waals surface area contributed by atoms with Crippen molar-refractivity contribution in [1.82, 2.24) is 5.32 Å². The summed E-state index contributed by atoms with van der Waals surface area (Å²) in [5.41, 5.74) is 0.286. The van der Waals surface area contributed by atoms with Crippen molar-refractivity contribution >= 4 is 23.8 Å². The third-order valence-corrected chi connectivity index (χ3v) is 2.61. The van der Waals surface area contributed by atoms with Crippen molar-refractivity contribution < 1.29 is 23.9 Å². The quantitative estimate of drug-likeness (QED) is 0.511. The van der Waals surface area contributed by atoms with Gasteiger partial charge < -0.3 is 14.8 Å². The molecule has 23 heavy (non-hydrogen) atoms. The van der Waals surface area contributed by atoms with E-state index in [9.17, 15) is 14.4 Å². The molecule has 1 aromatic carbocycles. The van der Waals surface area contributed by atoms with E-state index in [-0.39, 0.29) is 6.61 Å². The van der Waals surface area contributed by atoms with Gasteiger partial charge in [0.25, 0.3) is 0 Å².